The molecule has 3 N–H and O–H groups in total. The number of aromatic nitrogens is 4. The van der Waals surface area contributed by atoms with Gasteiger partial charge in [0.05, 0.1) is 42.1 Å². The number of halogens is 1. The first-order valence-electron chi connectivity index (χ1n) is 15.4. The number of benzene rings is 2. The number of aryl methyl sites for hydroxylation is 2. The van der Waals surface area contributed by atoms with Crippen molar-refractivity contribution in [2.45, 2.75) is 44.4 Å². The van der Waals surface area contributed by atoms with Gasteiger partial charge in [-0.1, -0.05) is 41.9 Å². The highest BCUT2D eigenvalue weighted by Crippen LogP contribution is 2.43. The Morgan fingerprint density at radius 2 is 1.91 bits per heavy atom. The summed E-state index contributed by atoms with van der Waals surface area (Å²) in [5.41, 5.74) is 7.09. The summed E-state index contributed by atoms with van der Waals surface area (Å²) < 4.78 is 12.6. The maximum absolute atomic E-state index is 12.9. The molecule has 0 bridgehead atoms. The molecule has 3 unspecified atom stereocenters. The van der Waals surface area contributed by atoms with Gasteiger partial charge in [0.25, 0.3) is 5.56 Å². The number of methoxy groups -OCH3 is 1. The third kappa shape index (κ3) is 5.41. The number of anilines is 2. The largest absolute Gasteiger partial charge is 0.481 e. The van der Waals surface area contributed by atoms with Gasteiger partial charge in [-0.2, -0.15) is 5.10 Å². The van der Waals surface area contributed by atoms with E-state index in [1.165, 1.54) is 4.68 Å². The van der Waals surface area contributed by atoms with Crippen molar-refractivity contribution in [1.82, 2.24) is 25.1 Å². The summed E-state index contributed by atoms with van der Waals surface area (Å²) in [5.74, 6) is 1.03. The second kappa shape index (κ2) is 12.4. The smallest absolute Gasteiger partial charge is 0.278 e. The summed E-state index contributed by atoms with van der Waals surface area (Å²) in [6.45, 7) is 2.99. The maximum Gasteiger partial charge on any atom is 0.278 e. The molecule has 10 nitrogen and oxygen atoms in total. The fraction of sp³-hybridized carbons (Fsp3) is 0.314. The van der Waals surface area contributed by atoms with Crippen molar-refractivity contribution in [1.29, 1.82) is 0 Å². The molecule has 1 aliphatic heterocycles. The number of fused-ring (bicyclic) bond motifs is 2. The van der Waals surface area contributed by atoms with Gasteiger partial charge in [-0.05, 0) is 61.1 Å². The molecule has 1 aliphatic carbocycles. The predicted octanol–water partition coefficient (Wildman–Crippen LogP) is 5.50. The fourth-order valence-corrected chi connectivity index (χ4v) is 6.96. The Labute approximate surface area is 271 Å². The minimum absolute atomic E-state index is 0.0348. The van der Waals surface area contributed by atoms with E-state index in [-0.39, 0.29) is 17.6 Å². The van der Waals surface area contributed by atoms with E-state index in [0.29, 0.717) is 40.7 Å². The Morgan fingerprint density at radius 1 is 1.11 bits per heavy atom. The van der Waals surface area contributed by atoms with E-state index in [9.17, 15) is 9.90 Å². The molecule has 2 aliphatic rings. The Kier molecular flexibility index (Phi) is 8.20. The molecule has 236 valence electrons. The zero-order valence-corrected chi connectivity index (χ0v) is 26.6. The molecular weight excluding hydrogens is 604 g/mol. The van der Waals surface area contributed by atoms with Crippen LogP contribution in [0.25, 0.3) is 33.2 Å². The summed E-state index contributed by atoms with van der Waals surface area (Å²) in [6, 6.07) is 15.8. The lowest BCUT2D eigenvalue weighted by Gasteiger charge is -2.31. The van der Waals surface area contributed by atoms with Crippen molar-refractivity contribution in [3.05, 3.63) is 93.0 Å². The SMILES string of the molecule is COc1nc(-c2cccc(-c3cccc(Nc4nccc5cnn(C)c(=O)c45)c3C)c2Cl)cc2c1C(NC1CCOCC1O)CC2. The van der Waals surface area contributed by atoms with Gasteiger partial charge in [0.1, 0.15) is 5.82 Å². The number of pyridine rings is 2. The molecule has 1 fully saturated rings. The molecule has 0 radical (unpaired) electrons. The number of hydrogen-bond donors (Lipinski definition) is 3. The van der Waals surface area contributed by atoms with Crippen LogP contribution in [0.15, 0.2) is 65.7 Å². The van der Waals surface area contributed by atoms with Gasteiger partial charge < -0.3 is 25.2 Å². The quantitative estimate of drug-likeness (QED) is 0.212. The Balaban J connectivity index is 1.23. The number of hydrogen-bond acceptors (Lipinski definition) is 9. The molecule has 11 heteroatoms. The van der Waals surface area contributed by atoms with E-state index >= 15 is 0 Å². The Bertz CT molecular complexity index is 2010. The van der Waals surface area contributed by atoms with Crippen LogP contribution in [0.1, 0.15) is 35.6 Å². The molecule has 2 aromatic carbocycles. The predicted molar refractivity (Wildman–Crippen MR) is 179 cm³/mol. The third-order valence-corrected chi connectivity index (χ3v) is 9.51. The molecule has 0 saturated carbocycles. The average Bonchev–Trinajstić information content (AvgIpc) is 3.47. The summed E-state index contributed by atoms with van der Waals surface area (Å²) in [5, 5.41) is 23.4. The summed E-state index contributed by atoms with van der Waals surface area (Å²) in [4.78, 5) is 22.4. The van der Waals surface area contributed by atoms with E-state index in [2.05, 4.69) is 26.8 Å². The molecule has 5 aromatic rings. The van der Waals surface area contributed by atoms with Crippen molar-refractivity contribution < 1.29 is 14.6 Å². The van der Waals surface area contributed by atoms with Crippen LogP contribution >= 0.6 is 11.6 Å². The number of aliphatic hydroxyl groups is 1. The summed E-state index contributed by atoms with van der Waals surface area (Å²) in [7, 11) is 3.26. The highest BCUT2D eigenvalue weighted by atomic mass is 35.5. The Hall–Kier alpha value is -4.35. The van der Waals surface area contributed by atoms with E-state index in [4.69, 9.17) is 26.1 Å². The van der Waals surface area contributed by atoms with Gasteiger partial charge in [-0.15, -0.1) is 0 Å². The standard InChI is InChI=1S/C35H35ClN6O4/c1-19-22(6-5-9-25(19)40-33-31-21(12-14-37-33)17-38-42(2)35(31)44)23-7-4-8-24(32(23)36)28-16-20-10-11-27(30(20)34(41-28)45-3)39-26-13-15-46-18-29(26)43/h4-9,12,14,16-17,26-27,29,39,43H,10-11,13,15,18H2,1-3H3,(H,37,40). The molecule has 0 amide bonds. The molecule has 46 heavy (non-hydrogen) atoms. The molecule has 3 aromatic heterocycles. The fourth-order valence-electron chi connectivity index (χ4n) is 6.64. The van der Waals surface area contributed by atoms with Crippen LogP contribution in [0, 0.1) is 6.92 Å². The van der Waals surface area contributed by atoms with Crippen LogP contribution in [0.2, 0.25) is 5.02 Å². The van der Waals surface area contributed by atoms with Crippen molar-refractivity contribution >= 4 is 33.9 Å². The van der Waals surface area contributed by atoms with Crippen molar-refractivity contribution in [3.63, 3.8) is 0 Å². The maximum atomic E-state index is 12.9. The summed E-state index contributed by atoms with van der Waals surface area (Å²) >= 11 is 7.18. The molecular formula is C35H35ClN6O4. The van der Waals surface area contributed by atoms with Crippen molar-refractivity contribution in [3.8, 4) is 28.3 Å². The van der Waals surface area contributed by atoms with Gasteiger partial charge in [0.2, 0.25) is 5.88 Å². The second-order valence-corrected chi connectivity index (χ2v) is 12.2. The zero-order valence-electron chi connectivity index (χ0n) is 25.9. The highest BCUT2D eigenvalue weighted by molar-refractivity contribution is 6.36. The molecule has 7 rings (SSSR count). The van der Waals surface area contributed by atoms with Crippen LogP contribution in [0.5, 0.6) is 5.88 Å². The van der Waals surface area contributed by atoms with E-state index in [1.807, 2.05) is 43.3 Å². The number of rotatable bonds is 7. The average molecular weight is 639 g/mol. The van der Waals surface area contributed by atoms with Crippen molar-refractivity contribution in [2.75, 3.05) is 25.6 Å². The van der Waals surface area contributed by atoms with Crippen LogP contribution in [-0.4, -0.2) is 57.3 Å². The summed E-state index contributed by atoms with van der Waals surface area (Å²) in [6.07, 6.45) is 5.30. The first kappa shape index (κ1) is 30.3. The topological polar surface area (TPSA) is 123 Å². The highest BCUT2D eigenvalue weighted by Gasteiger charge is 2.33. The third-order valence-electron chi connectivity index (χ3n) is 9.11. The number of nitrogens with zero attached hydrogens (tertiary/aromatic N) is 4. The van der Waals surface area contributed by atoms with Crippen molar-refractivity contribution in [2.24, 2.45) is 7.05 Å². The number of aliphatic hydroxyl groups excluding tert-OH is 1. The second-order valence-electron chi connectivity index (χ2n) is 11.9. The lowest BCUT2D eigenvalue weighted by molar-refractivity contribution is -0.0304. The first-order valence-corrected chi connectivity index (χ1v) is 15.8. The van der Waals surface area contributed by atoms with Gasteiger partial charge in [0.15, 0.2) is 0 Å². The number of ether oxygens (including phenoxy) is 2. The molecule has 1 saturated heterocycles. The molecule has 0 spiro atoms. The van der Waals surface area contributed by atoms with Crippen LogP contribution in [0.4, 0.5) is 11.5 Å². The molecule has 4 heterocycles. The zero-order chi connectivity index (χ0) is 31.9. The first-order chi connectivity index (χ1) is 22.3. The number of nitrogens with one attached hydrogen (secondary N) is 2. The monoisotopic (exact) mass is 638 g/mol. The van der Waals surface area contributed by atoms with E-state index in [1.54, 1.807) is 32.6 Å². The van der Waals surface area contributed by atoms with E-state index < -0.39 is 6.10 Å². The lowest BCUT2D eigenvalue weighted by Crippen LogP contribution is -2.47. The normalized spacial score (nSPS) is 19.3. The Morgan fingerprint density at radius 3 is 2.74 bits per heavy atom. The van der Waals surface area contributed by atoms with Gasteiger partial charge in [-0.3, -0.25) is 4.79 Å². The van der Waals surface area contributed by atoms with E-state index in [0.717, 1.165) is 64.0 Å². The molecule has 3 atom stereocenters. The lowest BCUT2D eigenvalue weighted by atomic mass is 9.96. The minimum Gasteiger partial charge on any atom is -0.481 e. The van der Waals surface area contributed by atoms with Crippen LogP contribution in [0.3, 0.4) is 0 Å². The van der Waals surface area contributed by atoms with Crippen LogP contribution < -0.4 is 20.9 Å². The van der Waals surface area contributed by atoms with Gasteiger partial charge in [0, 0.05) is 59.7 Å². The van der Waals surface area contributed by atoms with Gasteiger partial charge in [-0.25, -0.2) is 14.6 Å². The van der Waals surface area contributed by atoms with Crippen LogP contribution in [-0.2, 0) is 18.2 Å². The minimum atomic E-state index is -0.539. The van der Waals surface area contributed by atoms with Gasteiger partial charge >= 0.3 is 0 Å².